The summed E-state index contributed by atoms with van der Waals surface area (Å²) in [6, 6.07) is 8.50. The Hall–Kier alpha value is -2.69. The van der Waals surface area contributed by atoms with Crippen molar-refractivity contribution in [3.63, 3.8) is 0 Å². The van der Waals surface area contributed by atoms with E-state index >= 15 is 0 Å². The van der Waals surface area contributed by atoms with Crippen molar-refractivity contribution in [2.24, 2.45) is 0 Å². The molecule has 0 saturated heterocycles. The SMILES string of the molecule is Cc1ccc(-c2noc(N)c2-c2ccncc2)c(F)c1. The average Bonchev–Trinajstić information content (AvgIpc) is 2.81. The summed E-state index contributed by atoms with van der Waals surface area (Å²) >= 11 is 0. The average molecular weight is 269 g/mol. The number of hydrogen-bond acceptors (Lipinski definition) is 4. The van der Waals surface area contributed by atoms with Gasteiger partial charge in [-0.25, -0.2) is 4.39 Å². The second kappa shape index (κ2) is 4.77. The van der Waals surface area contributed by atoms with Crippen LogP contribution in [0, 0.1) is 12.7 Å². The second-order valence-electron chi connectivity index (χ2n) is 4.49. The van der Waals surface area contributed by atoms with Crippen molar-refractivity contribution in [2.75, 3.05) is 5.73 Å². The third kappa shape index (κ3) is 2.03. The summed E-state index contributed by atoms with van der Waals surface area (Å²) in [6.07, 6.45) is 3.27. The van der Waals surface area contributed by atoms with Gasteiger partial charge in [-0.3, -0.25) is 4.98 Å². The number of halogens is 1. The number of nitrogen functional groups attached to an aromatic ring is 1. The Labute approximate surface area is 115 Å². The monoisotopic (exact) mass is 269 g/mol. The number of nitrogens with zero attached hydrogens (tertiary/aromatic N) is 2. The summed E-state index contributed by atoms with van der Waals surface area (Å²) < 4.78 is 19.1. The highest BCUT2D eigenvalue weighted by atomic mass is 19.1. The van der Waals surface area contributed by atoms with Crippen molar-refractivity contribution in [3.05, 3.63) is 54.1 Å². The van der Waals surface area contributed by atoms with Crippen molar-refractivity contribution >= 4 is 5.88 Å². The van der Waals surface area contributed by atoms with Crippen LogP contribution in [-0.2, 0) is 0 Å². The maximum Gasteiger partial charge on any atom is 0.230 e. The van der Waals surface area contributed by atoms with E-state index in [0.29, 0.717) is 16.8 Å². The molecular formula is C15H12FN3O. The fourth-order valence-electron chi connectivity index (χ4n) is 2.10. The topological polar surface area (TPSA) is 64.9 Å². The van der Waals surface area contributed by atoms with Crippen LogP contribution >= 0.6 is 0 Å². The molecule has 2 N–H and O–H groups in total. The normalized spacial score (nSPS) is 10.7. The maximum absolute atomic E-state index is 14.1. The van der Waals surface area contributed by atoms with E-state index in [1.54, 1.807) is 30.6 Å². The van der Waals surface area contributed by atoms with Crippen molar-refractivity contribution in [3.8, 4) is 22.4 Å². The van der Waals surface area contributed by atoms with Gasteiger partial charge in [0.1, 0.15) is 11.5 Å². The Kier molecular flexibility index (Phi) is 2.95. The van der Waals surface area contributed by atoms with Crippen molar-refractivity contribution < 1.29 is 8.91 Å². The molecule has 0 aliphatic carbocycles. The lowest BCUT2D eigenvalue weighted by Crippen LogP contribution is -1.91. The number of rotatable bonds is 2. The molecule has 0 bridgehead atoms. The Balaban J connectivity index is 2.21. The van der Waals surface area contributed by atoms with Gasteiger partial charge < -0.3 is 10.3 Å². The fraction of sp³-hybridized carbons (Fsp3) is 0.0667. The highest BCUT2D eigenvalue weighted by molar-refractivity contribution is 5.86. The van der Waals surface area contributed by atoms with Crippen LogP contribution in [0.5, 0.6) is 0 Å². The Morgan fingerprint density at radius 3 is 2.60 bits per heavy atom. The highest BCUT2D eigenvalue weighted by Gasteiger charge is 2.19. The summed E-state index contributed by atoms with van der Waals surface area (Å²) in [6.45, 7) is 1.83. The van der Waals surface area contributed by atoms with E-state index in [-0.39, 0.29) is 11.7 Å². The first-order chi connectivity index (χ1) is 9.66. The van der Waals surface area contributed by atoms with Gasteiger partial charge in [0.15, 0.2) is 0 Å². The molecule has 4 nitrogen and oxygen atoms in total. The van der Waals surface area contributed by atoms with Gasteiger partial charge in [-0.15, -0.1) is 0 Å². The van der Waals surface area contributed by atoms with Crippen molar-refractivity contribution in [1.82, 2.24) is 10.1 Å². The highest BCUT2D eigenvalue weighted by Crippen LogP contribution is 2.36. The lowest BCUT2D eigenvalue weighted by Gasteiger charge is -2.04. The molecule has 100 valence electrons. The molecule has 1 aromatic carbocycles. The van der Waals surface area contributed by atoms with Crippen LogP contribution in [0.4, 0.5) is 10.3 Å². The van der Waals surface area contributed by atoms with E-state index in [9.17, 15) is 4.39 Å². The van der Waals surface area contributed by atoms with Gasteiger partial charge in [0, 0.05) is 18.0 Å². The van der Waals surface area contributed by atoms with Crippen molar-refractivity contribution in [2.45, 2.75) is 6.92 Å². The predicted octanol–water partition coefficient (Wildman–Crippen LogP) is 3.43. The number of nitrogens with two attached hydrogens (primary N) is 1. The fourth-order valence-corrected chi connectivity index (χ4v) is 2.10. The van der Waals surface area contributed by atoms with Crippen LogP contribution in [-0.4, -0.2) is 10.1 Å². The zero-order valence-electron chi connectivity index (χ0n) is 10.8. The van der Waals surface area contributed by atoms with Gasteiger partial charge in [0.05, 0.1) is 5.56 Å². The van der Waals surface area contributed by atoms with Crippen LogP contribution in [0.3, 0.4) is 0 Å². The number of benzene rings is 1. The minimum Gasteiger partial charge on any atom is -0.367 e. The van der Waals surface area contributed by atoms with Gasteiger partial charge in [-0.1, -0.05) is 11.2 Å². The molecule has 3 aromatic rings. The first-order valence-corrected chi connectivity index (χ1v) is 6.09. The molecule has 0 spiro atoms. The second-order valence-corrected chi connectivity index (χ2v) is 4.49. The number of hydrogen-bond donors (Lipinski definition) is 1. The Bertz CT molecular complexity index is 753. The van der Waals surface area contributed by atoms with Crippen LogP contribution in [0.25, 0.3) is 22.4 Å². The van der Waals surface area contributed by atoms with E-state index in [1.165, 1.54) is 6.07 Å². The number of aromatic nitrogens is 2. The molecule has 20 heavy (non-hydrogen) atoms. The first kappa shape index (κ1) is 12.3. The summed E-state index contributed by atoms with van der Waals surface area (Å²) in [5.41, 5.74) is 8.78. The van der Waals surface area contributed by atoms with Gasteiger partial charge in [0.25, 0.3) is 0 Å². The van der Waals surface area contributed by atoms with Crippen LogP contribution in [0.15, 0.2) is 47.2 Å². The minimum absolute atomic E-state index is 0.158. The lowest BCUT2D eigenvalue weighted by molar-refractivity contribution is 0.439. The molecule has 2 aromatic heterocycles. The van der Waals surface area contributed by atoms with Gasteiger partial charge in [-0.2, -0.15) is 0 Å². The number of anilines is 1. The van der Waals surface area contributed by atoms with E-state index in [0.717, 1.165) is 11.1 Å². The van der Waals surface area contributed by atoms with Gasteiger partial charge in [0.2, 0.25) is 5.88 Å². The van der Waals surface area contributed by atoms with Crippen molar-refractivity contribution in [1.29, 1.82) is 0 Å². The van der Waals surface area contributed by atoms with E-state index in [2.05, 4.69) is 10.1 Å². The van der Waals surface area contributed by atoms with Gasteiger partial charge in [-0.05, 0) is 42.3 Å². The van der Waals surface area contributed by atoms with Gasteiger partial charge >= 0.3 is 0 Å². The standard InChI is InChI=1S/C15H12FN3O/c1-9-2-3-11(12(16)8-9)14-13(15(17)20-19-14)10-4-6-18-7-5-10/h2-8H,17H2,1H3. The third-order valence-corrected chi connectivity index (χ3v) is 3.07. The Morgan fingerprint density at radius 1 is 1.15 bits per heavy atom. The molecule has 0 atom stereocenters. The Morgan fingerprint density at radius 2 is 1.90 bits per heavy atom. The van der Waals surface area contributed by atoms with E-state index in [1.807, 2.05) is 13.0 Å². The third-order valence-electron chi connectivity index (χ3n) is 3.07. The molecule has 5 heteroatoms. The summed E-state index contributed by atoms with van der Waals surface area (Å²) in [4.78, 5) is 3.95. The van der Waals surface area contributed by atoms with Crippen LogP contribution in [0.1, 0.15) is 5.56 Å². The number of pyridine rings is 1. The van der Waals surface area contributed by atoms with E-state index < -0.39 is 0 Å². The quantitative estimate of drug-likeness (QED) is 0.774. The first-order valence-electron chi connectivity index (χ1n) is 6.09. The predicted molar refractivity (Wildman–Crippen MR) is 74.3 cm³/mol. The maximum atomic E-state index is 14.1. The molecule has 0 amide bonds. The largest absolute Gasteiger partial charge is 0.367 e. The molecule has 2 heterocycles. The summed E-state index contributed by atoms with van der Waals surface area (Å²) in [7, 11) is 0. The molecular weight excluding hydrogens is 257 g/mol. The molecule has 0 unspecified atom stereocenters. The molecule has 0 fully saturated rings. The molecule has 0 saturated carbocycles. The minimum atomic E-state index is -0.353. The zero-order valence-corrected chi connectivity index (χ0v) is 10.8. The summed E-state index contributed by atoms with van der Waals surface area (Å²) in [5, 5.41) is 3.89. The summed E-state index contributed by atoms with van der Waals surface area (Å²) in [5.74, 6) is -0.195. The van der Waals surface area contributed by atoms with E-state index in [4.69, 9.17) is 10.3 Å². The smallest absolute Gasteiger partial charge is 0.230 e. The lowest BCUT2D eigenvalue weighted by atomic mass is 10.0. The van der Waals surface area contributed by atoms with Crippen LogP contribution < -0.4 is 5.73 Å². The molecule has 0 aliphatic rings. The number of aryl methyl sites for hydroxylation is 1. The van der Waals surface area contributed by atoms with Crippen LogP contribution in [0.2, 0.25) is 0 Å². The zero-order chi connectivity index (χ0) is 14.1. The molecule has 3 rings (SSSR count). The molecule has 0 radical (unpaired) electrons. The molecule has 0 aliphatic heterocycles.